The fourth-order valence-electron chi connectivity index (χ4n) is 2.20. The van der Waals surface area contributed by atoms with E-state index in [9.17, 15) is 4.79 Å². The Labute approximate surface area is 154 Å². The van der Waals surface area contributed by atoms with Gasteiger partial charge in [-0.1, -0.05) is 81.0 Å². The minimum Gasteiger partial charge on any atom is -0.481 e. The molecule has 140 valence electrons. The van der Waals surface area contributed by atoms with Gasteiger partial charge >= 0.3 is 5.97 Å². The molecule has 0 spiro atoms. The molecule has 0 rings (SSSR count). The molecule has 2 heteroatoms. The highest BCUT2D eigenvalue weighted by atomic mass is 16.4. The molecule has 0 amide bonds. The summed E-state index contributed by atoms with van der Waals surface area (Å²) in [6, 6.07) is 0. The summed E-state index contributed by atoms with van der Waals surface area (Å²) in [5.74, 6) is -0.900. The van der Waals surface area contributed by atoms with Gasteiger partial charge in [-0.25, -0.2) is 0 Å². The van der Waals surface area contributed by atoms with Gasteiger partial charge in [0.05, 0.1) is 5.92 Å². The van der Waals surface area contributed by atoms with Gasteiger partial charge in [-0.3, -0.25) is 4.79 Å². The fraction of sp³-hybridized carbons (Fsp3) is 0.522. The molecule has 0 saturated heterocycles. The zero-order chi connectivity index (χ0) is 18.6. The molecular formula is C23H36O2. The van der Waals surface area contributed by atoms with Gasteiger partial charge in [0.15, 0.2) is 0 Å². The molecule has 1 N–H and O–H groups in total. The Morgan fingerprint density at radius 1 is 0.760 bits per heavy atom. The summed E-state index contributed by atoms with van der Waals surface area (Å²) in [7, 11) is 0. The molecule has 0 aliphatic carbocycles. The van der Waals surface area contributed by atoms with Crippen LogP contribution in [-0.4, -0.2) is 11.1 Å². The third-order valence-corrected chi connectivity index (χ3v) is 3.84. The monoisotopic (exact) mass is 344 g/mol. The molecule has 0 radical (unpaired) electrons. The molecule has 0 saturated carbocycles. The minimum atomic E-state index is -0.685. The smallest absolute Gasteiger partial charge is 0.306 e. The van der Waals surface area contributed by atoms with E-state index in [1.165, 1.54) is 0 Å². The first-order valence-electron chi connectivity index (χ1n) is 9.66. The van der Waals surface area contributed by atoms with Gasteiger partial charge in [0.25, 0.3) is 0 Å². The van der Waals surface area contributed by atoms with Gasteiger partial charge in [-0.15, -0.1) is 0 Å². The zero-order valence-electron chi connectivity index (χ0n) is 16.1. The Balaban J connectivity index is 3.49. The van der Waals surface area contributed by atoms with Crippen molar-refractivity contribution < 1.29 is 9.90 Å². The Bertz CT molecular complexity index is 453. The van der Waals surface area contributed by atoms with Crippen LogP contribution in [0.15, 0.2) is 60.8 Å². The molecule has 0 bridgehead atoms. The summed E-state index contributed by atoms with van der Waals surface area (Å²) in [6.45, 7) is 3.93. The summed E-state index contributed by atoms with van der Waals surface area (Å²) in [4.78, 5) is 10.7. The second-order valence-corrected chi connectivity index (χ2v) is 6.23. The second-order valence-electron chi connectivity index (χ2n) is 6.23. The Morgan fingerprint density at radius 2 is 1.20 bits per heavy atom. The van der Waals surface area contributed by atoms with E-state index in [1.54, 1.807) is 6.92 Å². The molecule has 0 aliphatic rings. The topological polar surface area (TPSA) is 37.3 Å². The quantitative estimate of drug-likeness (QED) is 0.256. The Hall–Kier alpha value is -1.83. The number of hydrogen-bond acceptors (Lipinski definition) is 1. The number of unbranched alkanes of at least 4 members (excludes halogenated alkanes) is 2. The van der Waals surface area contributed by atoms with Crippen LogP contribution in [0.4, 0.5) is 0 Å². The van der Waals surface area contributed by atoms with Crippen molar-refractivity contribution in [3.05, 3.63) is 60.8 Å². The first-order valence-corrected chi connectivity index (χ1v) is 9.66. The van der Waals surface area contributed by atoms with Gasteiger partial charge < -0.3 is 5.11 Å². The largest absolute Gasteiger partial charge is 0.481 e. The van der Waals surface area contributed by atoms with E-state index in [2.05, 4.69) is 67.7 Å². The molecule has 2 nitrogen and oxygen atoms in total. The van der Waals surface area contributed by atoms with Crippen LogP contribution >= 0.6 is 0 Å². The molecule has 0 aromatic carbocycles. The zero-order valence-corrected chi connectivity index (χ0v) is 16.1. The summed E-state index contributed by atoms with van der Waals surface area (Å²) in [5, 5.41) is 8.79. The predicted octanol–water partition coefficient (Wildman–Crippen LogP) is 7.02. The third kappa shape index (κ3) is 18.4. The maximum atomic E-state index is 10.7. The highest BCUT2D eigenvalue weighted by Gasteiger charge is 2.08. The van der Waals surface area contributed by atoms with E-state index >= 15 is 0 Å². The van der Waals surface area contributed by atoms with E-state index in [0.717, 1.165) is 57.8 Å². The van der Waals surface area contributed by atoms with E-state index in [4.69, 9.17) is 5.11 Å². The summed E-state index contributed by atoms with van der Waals surface area (Å²) in [5.41, 5.74) is 0. The van der Waals surface area contributed by atoms with Crippen LogP contribution in [-0.2, 0) is 4.79 Å². The van der Waals surface area contributed by atoms with E-state index < -0.39 is 5.97 Å². The van der Waals surface area contributed by atoms with Crippen LogP contribution < -0.4 is 0 Å². The van der Waals surface area contributed by atoms with Crippen LogP contribution in [0.5, 0.6) is 0 Å². The van der Waals surface area contributed by atoms with Crippen LogP contribution in [0.1, 0.15) is 71.6 Å². The Morgan fingerprint density at radius 3 is 1.64 bits per heavy atom. The lowest BCUT2D eigenvalue weighted by atomic mass is 10.0. The number of allylic oxidation sites excluding steroid dienone is 10. The first-order chi connectivity index (χ1) is 12.2. The van der Waals surface area contributed by atoms with Crippen LogP contribution in [0.25, 0.3) is 0 Å². The number of aliphatic carboxylic acids is 1. The molecule has 1 atom stereocenters. The van der Waals surface area contributed by atoms with Gasteiger partial charge in [-0.05, 0) is 51.4 Å². The molecule has 0 aromatic heterocycles. The van der Waals surface area contributed by atoms with Crippen molar-refractivity contribution in [2.24, 2.45) is 5.92 Å². The van der Waals surface area contributed by atoms with Gasteiger partial charge in [-0.2, -0.15) is 0 Å². The van der Waals surface area contributed by atoms with Crippen LogP contribution in [0, 0.1) is 5.92 Å². The van der Waals surface area contributed by atoms with Gasteiger partial charge in [0, 0.05) is 0 Å². The molecular weight excluding hydrogens is 308 g/mol. The number of carbonyl (C=O) groups is 1. The SMILES string of the molecule is CC/C=C\C/C=C\C/C=C\C/C=C\C/C=C\CCCCC(C)C(=O)O. The standard InChI is InChI=1S/C23H36O2/c1-3-4-5-6-7-8-9-10-11-12-13-14-15-16-17-18-19-20-21-22(2)23(24)25/h4-5,7-8,10-11,13-14,16-17,22H,3,6,9,12,15,18-21H2,1-2H3,(H,24,25)/b5-4-,8-7-,11-10-,14-13-,17-16-. The molecule has 0 fully saturated rings. The normalized spacial score (nSPS) is 14.0. The molecule has 0 aliphatic heterocycles. The fourth-order valence-corrected chi connectivity index (χ4v) is 2.20. The number of rotatable bonds is 15. The summed E-state index contributed by atoms with van der Waals surface area (Å²) >= 11 is 0. The molecule has 0 aromatic rings. The van der Waals surface area contributed by atoms with Crippen molar-refractivity contribution in [3.63, 3.8) is 0 Å². The Kier molecular flexibility index (Phi) is 17.2. The maximum absolute atomic E-state index is 10.7. The predicted molar refractivity (Wildman–Crippen MR) is 110 cm³/mol. The number of carboxylic acid groups (broad SMARTS) is 1. The molecule has 1 unspecified atom stereocenters. The highest BCUT2D eigenvalue weighted by Crippen LogP contribution is 2.09. The van der Waals surface area contributed by atoms with Crippen molar-refractivity contribution in [2.45, 2.75) is 71.6 Å². The van der Waals surface area contributed by atoms with Crippen molar-refractivity contribution in [1.82, 2.24) is 0 Å². The molecule has 0 heterocycles. The van der Waals surface area contributed by atoms with E-state index in [1.807, 2.05) is 0 Å². The lowest BCUT2D eigenvalue weighted by Gasteiger charge is -2.03. The van der Waals surface area contributed by atoms with Crippen LogP contribution in [0.3, 0.4) is 0 Å². The van der Waals surface area contributed by atoms with Gasteiger partial charge in [0.2, 0.25) is 0 Å². The second kappa shape index (κ2) is 18.5. The average Bonchev–Trinajstić information content (AvgIpc) is 2.60. The van der Waals surface area contributed by atoms with Crippen molar-refractivity contribution in [1.29, 1.82) is 0 Å². The number of hydrogen-bond donors (Lipinski definition) is 1. The van der Waals surface area contributed by atoms with E-state index in [-0.39, 0.29) is 5.92 Å². The van der Waals surface area contributed by atoms with E-state index in [0.29, 0.717) is 0 Å². The first kappa shape index (κ1) is 23.2. The van der Waals surface area contributed by atoms with Crippen LogP contribution in [0.2, 0.25) is 0 Å². The van der Waals surface area contributed by atoms with Crippen molar-refractivity contribution in [3.8, 4) is 0 Å². The average molecular weight is 345 g/mol. The molecule has 25 heavy (non-hydrogen) atoms. The number of carboxylic acids is 1. The minimum absolute atomic E-state index is 0.214. The summed E-state index contributed by atoms with van der Waals surface area (Å²) < 4.78 is 0. The summed E-state index contributed by atoms with van der Waals surface area (Å²) in [6.07, 6.45) is 31.0. The maximum Gasteiger partial charge on any atom is 0.306 e. The third-order valence-electron chi connectivity index (χ3n) is 3.84. The lowest BCUT2D eigenvalue weighted by molar-refractivity contribution is -0.141. The lowest BCUT2D eigenvalue weighted by Crippen LogP contribution is -2.08. The van der Waals surface area contributed by atoms with Crippen molar-refractivity contribution in [2.75, 3.05) is 0 Å². The van der Waals surface area contributed by atoms with Gasteiger partial charge in [0.1, 0.15) is 0 Å². The van der Waals surface area contributed by atoms with Crippen molar-refractivity contribution >= 4 is 5.97 Å². The highest BCUT2D eigenvalue weighted by molar-refractivity contribution is 5.69.